The molecule has 9 N–H and O–H groups in total. The third kappa shape index (κ3) is 13.5. The fourth-order valence-corrected chi connectivity index (χ4v) is 13.3. The maximum Gasteiger partial charge on any atom is 0.396 e. The Hall–Kier alpha value is -7.51. The Morgan fingerprint density at radius 1 is 0.880 bits per heavy atom. The van der Waals surface area contributed by atoms with E-state index in [2.05, 4.69) is 26.3 Å². The molecule has 3 aromatic carbocycles. The maximum absolute atomic E-state index is 15.0. The number of rotatable bonds is 18. The van der Waals surface area contributed by atoms with Crippen molar-refractivity contribution < 1.29 is 65.9 Å². The van der Waals surface area contributed by atoms with Gasteiger partial charge in [0.05, 0.1) is 15.9 Å². The first-order chi connectivity index (χ1) is 39.2. The number of imide groups is 1. The number of hydrogen-bond acceptors (Lipinski definition) is 13. The van der Waals surface area contributed by atoms with E-state index in [0.717, 1.165) is 37.5 Å². The van der Waals surface area contributed by atoms with Crippen LogP contribution in [0.3, 0.4) is 0 Å². The molecule has 28 heteroatoms. The van der Waals surface area contributed by atoms with Crippen LogP contribution in [0.4, 0.5) is 0 Å². The zero-order chi connectivity index (χ0) is 59.8. The van der Waals surface area contributed by atoms with Crippen molar-refractivity contribution in [3.05, 3.63) is 98.6 Å². The van der Waals surface area contributed by atoms with Gasteiger partial charge in [0.2, 0.25) is 41.4 Å². The van der Waals surface area contributed by atoms with Gasteiger partial charge in [-0.15, -0.1) is 0 Å². The van der Waals surface area contributed by atoms with Gasteiger partial charge in [0.15, 0.2) is 9.84 Å². The summed E-state index contributed by atoms with van der Waals surface area (Å²) in [5.74, 6) is -4.58. The number of halogens is 1. The van der Waals surface area contributed by atoms with Crippen molar-refractivity contribution in [3.8, 4) is 0 Å². The van der Waals surface area contributed by atoms with Crippen molar-refractivity contribution in [3.63, 3.8) is 0 Å². The zero-order valence-electron chi connectivity index (χ0n) is 45.4. The van der Waals surface area contributed by atoms with E-state index in [0.29, 0.717) is 35.0 Å². The smallest absolute Gasteiger partial charge is 0.370 e. The van der Waals surface area contributed by atoms with Crippen molar-refractivity contribution >= 4 is 104 Å². The van der Waals surface area contributed by atoms with E-state index in [4.69, 9.17) is 17.3 Å². The van der Waals surface area contributed by atoms with Crippen molar-refractivity contribution in [1.29, 1.82) is 0 Å². The van der Waals surface area contributed by atoms with Gasteiger partial charge in [-0.1, -0.05) is 23.7 Å². The number of imidazole rings is 1. The predicted molar refractivity (Wildman–Crippen MR) is 300 cm³/mol. The van der Waals surface area contributed by atoms with E-state index in [1.165, 1.54) is 56.5 Å². The maximum atomic E-state index is 15.0. The Balaban J connectivity index is 0.893. The molecule has 1 aliphatic carbocycles. The van der Waals surface area contributed by atoms with Crippen LogP contribution in [-0.4, -0.2) is 138 Å². The second-order valence-electron chi connectivity index (χ2n) is 22.1. The summed E-state index contributed by atoms with van der Waals surface area (Å²) in [5, 5.41) is 10.7. The normalized spacial score (nSPS) is 21.9. The minimum Gasteiger partial charge on any atom is -0.370 e. The van der Waals surface area contributed by atoms with Gasteiger partial charge in [0.25, 0.3) is 11.4 Å². The van der Waals surface area contributed by atoms with Gasteiger partial charge in [-0.3, -0.25) is 62.2 Å². The number of H-pyrrole nitrogens is 1. The first-order valence-corrected chi connectivity index (χ1v) is 31.1. The number of fused-ring (bicyclic) bond motifs is 3. The lowest BCUT2D eigenvalue weighted by molar-refractivity contribution is -0.146. The molecule has 3 aliphatic heterocycles. The van der Waals surface area contributed by atoms with E-state index in [-0.39, 0.29) is 120 Å². The fourth-order valence-electron chi connectivity index (χ4n) is 11.9. The van der Waals surface area contributed by atoms with Crippen LogP contribution in [0.5, 0.6) is 0 Å². The number of amides is 8. The summed E-state index contributed by atoms with van der Waals surface area (Å²) in [7, 11) is -7.08. The van der Waals surface area contributed by atoms with Crippen LogP contribution in [0.15, 0.2) is 70.4 Å². The quantitative estimate of drug-likeness (QED) is 0.0461. The van der Waals surface area contributed by atoms with Gasteiger partial charge in [0.1, 0.15) is 29.9 Å². The average molecular weight is 1200 g/mol. The summed E-state index contributed by atoms with van der Waals surface area (Å²) < 4.78 is 38.8. The molecule has 1 saturated carbocycles. The number of carbonyl (C=O) groups is 9. The molecule has 4 aliphatic rings. The van der Waals surface area contributed by atoms with Gasteiger partial charge in [-0.25, -0.2) is 13.2 Å². The number of aromatic amines is 1. The van der Waals surface area contributed by atoms with Crippen LogP contribution in [0, 0.1) is 11.8 Å². The van der Waals surface area contributed by atoms with Gasteiger partial charge in [0, 0.05) is 79.7 Å². The number of aromatic nitrogens is 3. The number of primary amides is 1. The summed E-state index contributed by atoms with van der Waals surface area (Å²) in [6.45, 7) is -0.317. The van der Waals surface area contributed by atoms with Crippen molar-refractivity contribution in [2.24, 2.45) is 24.6 Å². The van der Waals surface area contributed by atoms with Crippen molar-refractivity contribution in [2.75, 3.05) is 19.3 Å². The molecule has 83 heavy (non-hydrogen) atoms. The van der Waals surface area contributed by atoms with E-state index in [9.17, 15) is 65.9 Å². The molecule has 2 aromatic heterocycles. The highest BCUT2D eigenvalue weighted by Crippen LogP contribution is 2.40. The fraction of sp³-hybridized carbons (Fsp3) is 0.455. The number of nitrogens with one attached hydrogen (secondary N) is 5. The average Bonchev–Trinajstić information content (AvgIpc) is 2.84. The highest BCUT2D eigenvalue weighted by atomic mass is 35.5. The molecule has 5 aromatic rings. The molecule has 3 saturated heterocycles. The molecule has 4 fully saturated rings. The monoisotopic (exact) mass is 1200 g/mol. The zero-order valence-corrected chi connectivity index (χ0v) is 47.9. The Bertz CT molecular complexity index is 3720. The lowest BCUT2D eigenvalue weighted by Gasteiger charge is -2.39. The minimum atomic E-state index is -5.14. The van der Waals surface area contributed by atoms with Gasteiger partial charge in [-0.05, 0) is 136 Å². The number of hydrogen-bond donors (Lipinski definition) is 8. The predicted octanol–water partition coefficient (Wildman–Crippen LogP) is 2.37. The SMILES string of the molecule is Cn1c(=O)n(C2CCC(=O)NC2=O)c2ccc(CC3CCC(CC(=O)N4CC[C@H]5CC[C@@H](C(=O)N[C@@H](CCC(N)=O)C(=O)NCc6ccc(S(C)(=O)=O)cc6Cl)N5C(=O)[C@@H](NC(=O)c5cc6cc(C(=O)P(=O)(O)O)ccc6[nH]5)C4)CC3)cc21. The number of nitrogens with zero attached hydrogens (tertiary/aromatic N) is 4. The Morgan fingerprint density at radius 3 is 2.30 bits per heavy atom. The highest BCUT2D eigenvalue weighted by molar-refractivity contribution is 7.90. The summed E-state index contributed by atoms with van der Waals surface area (Å²) in [4.78, 5) is 159. The van der Waals surface area contributed by atoms with Crippen LogP contribution in [-0.2, 0) is 68.0 Å². The molecule has 0 spiro atoms. The summed E-state index contributed by atoms with van der Waals surface area (Å²) >= 11 is 6.35. The lowest BCUT2D eigenvalue weighted by Crippen LogP contribution is -2.62. The van der Waals surface area contributed by atoms with Gasteiger partial charge < -0.3 is 46.3 Å². The molecule has 8 amide bonds. The summed E-state index contributed by atoms with van der Waals surface area (Å²) in [6, 6.07) is 9.48. The van der Waals surface area contributed by atoms with E-state index < -0.39 is 88.6 Å². The minimum absolute atomic E-state index is 0.000613. The number of aryl methyl sites for hydroxylation is 1. The van der Waals surface area contributed by atoms with E-state index in [1.54, 1.807) is 11.9 Å². The number of piperidine rings is 1. The third-order valence-electron chi connectivity index (χ3n) is 16.4. The number of benzene rings is 3. The van der Waals surface area contributed by atoms with Gasteiger partial charge in [-0.2, -0.15) is 0 Å². The number of carbonyl (C=O) groups excluding carboxylic acids is 9. The number of sulfone groups is 1. The molecule has 1 unspecified atom stereocenters. The van der Waals surface area contributed by atoms with Crippen LogP contribution in [0.25, 0.3) is 21.9 Å². The Kier molecular flexibility index (Phi) is 17.6. The Morgan fingerprint density at radius 2 is 1.61 bits per heavy atom. The molecular weight excluding hydrogens is 1140 g/mol. The van der Waals surface area contributed by atoms with Crippen LogP contribution < -0.4 is 32.7 Å². The molecular formula is C55H64ClN10O15PS. The first kappa shape index (κ1) is 60.1. The summed E-state index contributed by atoms with van der Waals surface area (Å²) in [6.07, 6.45) is 5.50. The van der Waals surface area contributed by atoms with Crippen LogP contribution in [0.2, 0.25) is 5.02 Å². The molecule has 25 nitrogen and oxygen atoms in total. The molecule has 442 valence electrons. The molecule has 5 atom stereocenters. The molecule has 5 heterocycles. The molecule has 0 radical (unpaired) electrons. The molecule has 9 rings (SSSR count). The van der Waals surface area contributed by atoms with Crippen LogP contribution in [0.1, 0.15) is 115 Å². The first-order valence-electron chi connectivity index (χ1n) is 27.3. The van der Waals surface area contributed by atoms with E-state index >= 15 is 4.79 Å². The number of nitrogens with two attached hydrogens (primary N) is 1. The van der Waals surface area contributed by atoms with Crippen molar-refractivity contribution in [2.45, 2.75) is 125 Å². The molecule has 0 bridgehead atoms. The Labute approximate surface area is 480 Å². The van der Waals surface area contributed by atoms with Crippen LogP contribution >= 0.6 is 19.2 Å². The highest BCUT2D eigenvalue weighted by Gasteiger charge is 2.46. The van der Waals surface area contributed by atoms with E-state index in [1.807, 2.05) is 18.2 Å². The van der Waals surface area contributed by atoms with Gasteiger partial charge >= 0.3 is 13.3 Å². The third-order valence-corrected chi connectivity index (χ3v) is 18.6. The summed E-state index contributed by atoms with van der Waals surface area (Å²) in [5.41, 5.74) is 6.22. The topological polar surface area (TPSA) is 369 Å². The second-order valence-corrected chi connectivity index (χ2v) is 26.0. The van der Waals surface area contributed by atoms with Crippen molar-refractivity contribution in [1.82, 2.24) is 45.2 Å². The standard InChI is InChI=1S/C55H64ClN10O15PS/c1-63-45-22-31(7-14-42(45)66(55(63)76)44-16-18-47(68)62-52(44)73)21-29-3-5-30(6-4-29)23-48(69)64-20-19-35-10-15-43(51(72)60-39(13-17-46(57)67)49(70)58-27-33-8-11-36(26-37(33)56)83(2,80)81)65(35)53(74)41(28-64)61-50(71)40-25-34-24-32(9-12-38(34)59-40)54(75)82(77,78)79/h7-9,11-12,14,22,24-26,29-30,35,39,41,43-44,59H,3-6,10,13,15-21,23,27-28H2,1-2H3,(H2,57,67)(H,58,70)(H,60,72)(H,61,71)(H,62,68,73)(H2,77,78,79)/t29?,30?,35-,39+,41+,43+,44?/m1/s1. The lowest BCUT2D eigenvalue weighted by atomic mass is 9.78. The largest absolute Gasteiger partial charge is 0.396 e. The second kappa shape index (κ2) is 24.4.